The third kappa shape index (κ3) is 5.42. The van der Waals surface area contributed by atoms with Crippen LogP contribution in [0, 0.1) is 5.92 Å². The van der Waals surface area contributed by atoms with Crippen LogP contribution in [0.5, 0.6) is 0 Å². The van der Waals surface area contributed by atoms with Gasteiger partial charge in [-0.3, -0.25) is 0 Å². The molecule has 2 aliphatic rings. The largest absolute Gasteiger partial charge is 0.391 e. The topological polar surface area (TPSA) is 70.9 Å². The fourth-order valence-electron chi connectivity index (χ4n) is 3.30. The van der Waals surface area contributed by atoms with Gasteiger partial charge in [-0.1, -0.05) is 6.92 Å². The Labute approximate surface area is 172 Å². The van der Waals surface area contributed by atoms with Crippen molar-refractivity contribution >= 4 is 11.5 Å². The van der Waals surface area contributed by atoms with Gasteiger partial charge in [0.25, 0.3) is 11.8 Å². The summed E-state index contributed by atoms with van der Waals surface area (Å²) in [6, 6.07) is -0.715. The molecule has 0 radical (unpaired) electrons. The lowest BCUT2D eigenvalue weighted by atomic mass is 9.88. The minimum absolute atomic E-state index is 0.179. The van der Waals surface area contributed by atoms with E-state index < -0.39 is 85.4 Å². The van der Waals surface area contributed by atoms with Crippen LogP contribution in [0.4, 0.5) is 41.1 Å². The van der Waals surface area contributed by atoms with Crippen molar-refractivity contribution in [3.8, 4) is 0 Å². The predicted molar refractivity (Wildman–Crippen MR) is 93.2 cm³/mol. The van der Waals surface area contributed by atoms with Crippen molar-refractivity contribution < 1.29 is 40.2 Å². The maximum atomic E-state index is 14.4. The van der Waals surface area contributed by atoms with Crippen LogP contribution < -0.4 is 5.32 Å². The van der Waals surface area contributed by atoms with Gasteiger partial charge < -0.3 is 10.4 Å². The van der Waals surface area contributed by atoms with E-state index in [1.807, 2.05) is 0 Å². The van der Waals surface area contributed by atoms with Gasteiger partial charge in [0.15, 0.2) is 11.9 Å². The number of halogens is 8. The lowest BCUT2D eigenvalue weighted by molar-refractivity contribution is -0.171. The van der Waals surface area contributed by atoms with E-state index in [1.54, 1.807) is 0 Å². The van der Waals surface area contributed by atoms with E-state index in [9.17, 15) is 40.2 Å². The number of aromatic nitrogens is 3. The highest BCUT2D eigenvalue weighted by Crippen LogP contribution is 2.42. The molecule has 1 saturated carbocycles. The number of rotatable bonds is 6. The molecule has 174 valence electrons. The van der Waals surface area contributed by atoms with Gasteiger partial charge in [0.2, 0.25) is 5.95 Å². The Morgan fingerprint density at radius 2 is 1.77 bits per heavy atom. The summed E-state index contributed by atoms with van der Waals surface area (Å²) in [4.78, 5) is 11.7. The molecule has 2 aliphatic carbocycles. The smallest absolute Gasteiger partial charge is 0.380 e. The average Bonchev–Trinajstić information content (AvgIpc) is 2.62. The number of anilines is 1. The van der Waals surface area contributed by atoms with Gasteiger partial charge in [-0.15, -0.1) is 0 Å². The van der Waals surface area contributed by atoms with Crippen molar-refractivity contribution in [3.05, 3.63) is 17.5 Å². The number of aliphatic hydroxyl groups excluding tert-OH is 1. The van der Waals surface area contributed by atoms with Crippen molar-refractivity contribution in [2.45, 2.75) is 75.6 Å². The van der Waals surface area contributed by atoms with Crippen LogP contribution in [0.2, 0.25) is 0 Å². The molecule has 5 nitrogen and oxygen atoms in total. The van der Waals surface area contributed by atoms with Gasteiger partial charge in [0.1, 0.15) is 11.7 Å². The fourth-order valence-corrected chi connectivity index (χ4v) is 3.30. The number of hydrogen-bond donors (Lipinski definition) is 2. The number of aliphatic hydroxyl groups is 1. The van der Waals surface area contributed by atoms with Gasteiger partial charge >= 0.3 is 6.18 Å². The normalized spacial score (nSPS) is 24.6. The third-order valence-corrected chi connectivity index (χ3v) is 5.37. The Balaban J connectivity index is 1.89. The van der Waals surface area contributed by atoms with E-state index in [-0.39, 0.29) is 18.2 Å². The van der Waals surface area contributed by atoms with Crippen molar-refractivity contribution in [2.75, 3.05) is 5.32 Å². The van der Waals surface area contributed by atoms with Crippen LogP contribution in [0.25, 0.3) is 5.57 Å². The molecule has 0 unspecified atom stereocenters. The predicted octanol–water partition coefficient (Wildman–Crippen LogP) is 4.68. The molecule has 2 atom stereocenters. The Hall–Kier alpha value is -2.05. The molecular formula is C18H20F8N4O. The summed E-state index contributed by atoms with van der Waals surface area (Å²) in [6.45, 7) is 0.958. The Kier molecular flexibility index (Phi) is 6.20. The molecule has 1 heterocycles. The van der Waals surface area contributed by atoms with Gasteiger partial charge in [0.05, 0.1) is 5.92 Å². The minimum Gasteiger partial charge on any atom is -0.380 e. The first-order chi connectivity index (χ1) is 14.2. The Morgan fingerprint density at radius 1 is 1.13 bits per heavy atom. The van der Waals surface area contributed by atoms with E-state index >= 15 is 0 Å². The lowest BCUT2D eigenvalue weighted by Gasteiger charge is -2.35. The van der Waals surface area contributed by atoms with Gasteiger partial charge in [-0.25, -0.2) is 26.9 Å². The maximum Gasteiger partial charge on any atom is 0.391 e. The number of nitrogens with zero attached hydrogens (tertiary/aromatic N) is 3. The summed E-state index contributed by atoms with van der Waals surface area (Å²) in [6.07, 6.45) is -10.3. The molecule has 0 amide bonds. The highest BCUT2D eigenvalue weighted by atomic mass is 19.4. The maximum absolute atomic E-state index is 14.4. The summed E-state index contributed by atoms with van der Waals surface area (Å²) in [5.74, 6) is -10.7. The van der Waals surface area contributed by atoms with E-state index in [4.69, 9.17) is 0 Å². The van der Waals surface area contributed by atoms with E-state index in [2.05, 4.69) is 20.3 Å². The summed E-state index contributed by atoms with van der Waals surface area (Å²) in [7, 11) is 0. The van der Waals surface area contributed by atoms with Gasteiger partial charge in [0, 0.05) is 37.3 Å². The summed E-state index contributed by atoms with van der Waals surface area (Å²) >= 11 is 0. The molecule has 0 bridgehead atoms. The van der Waals surface area contributed by atoms with E-state index in [0.29, 0.717) is 0 Å². The van der Waals surface area contributed by atoms with E-state index in [1.165, 1.54) is 0 Å². The number of aryl methyl sites for hydroxylation is 1. The van der Waals surface area contributed by atoms with Crippen LogP contribution in [-0.2, 0) is 6.42 Å². The van der Waals surface area contributed by atoms with Crippen molar-refractivity contribution in [3.63, 3.8) is 0 Å². The molecule has 1 aromatic heterocycles. The van der Waals surface area contributed by atoms with Crippen molar-refractivity contribution in [1.82, 2.24) is 15.0 Å². The average molecular weight is 460 g/mol. The lowest BCUT2D eigenvalue weighted by Crippen LogP contribution is -2.44. The van der Waals surface area contributed by atoms with Gasteiger partial charge in [-0.05, 0) is 12.8 Å². The Bertz CT molecular complexity index is 849. The zero-order valence-corrected chi connectivity index (χ0v) is 16.3. The number of hydrogen-bond acceptors (Lipinski definition) is 5. The molecule has 0 saturated heterocycles. The second-order valence-corrected chi connectivity index (χ2v) is 7.98. The monoisotopic (exact) mass is 460 g/mol. The van der Waals surface area contributed by atoms with Crippen molar-refractivity contribution in [2.24, 2.45) is 5.92 Å². The third-order valence-electron chi connectivity index (χ3n) is 5.37. The molecule has 1 aromatic rings. The highest BCUT2D eigenvalue weighted by molar-refractivity contribution is 5.65. The van der Waals surface area contributed by atoms with Crippen LogP contribution in [0.15, 0.2) is 5.83 Å². The van der Waals surface area contributed by atoms with Crippen LogP contribution in [0.1, 0.15) is 50.7 Å². The number of allylic oxidation sites excluding steroid dienone is 1. The van der Waals surface area contributed by atoms with E-state index in [0.717, 1.165) is 6.92 Å². The molecule has 0 aromatic carbocycles. The first kappa shape index (κ1) is 23.6. The zero-order chi connectivity index (χ0) is 23.2. The SMILES string of the molecule is C[C@@H](CCc1nc(NC2CC(F)(F)C2)nc(C2=C(F)[C@H](O)C(F)(F)CC2)n1)C(F)(F)F. The van der Waals surface area contributed by atoms with Gasteiger partial charge in [-0.2, -0.15) is 23.1 Å². The van der Waals surface area contributed by atoms with Crippen molar-refractivity contribution in [1.29, 1.82) is 0 Å². The molecule has 31 heavy (non-hydrogen) atoms. The molecule has 2 N–H and O–H groups in total. The zero-order valence-electron chi connectivity index (χ0n) is 16.3. The molecule has 1 fully saturated rings. The first-order valence-corrected chi connectivity index (χ1v) is 9.59. The highest BCUT2D eigenvalue weighted by Gasteiger charge is 2.47. The first-order valence-electron chi connectivity index (χ1n) is 9.59. The number of alkyl halides is 7. The molecule has 0 spiro atoms. The summed E-state index contributed by atoms with van der Waals surface area (Å²) < 4.78 is 106. The van der Waals surface area contributed by atoms with Crippen LogP contribution in [-0.4, -0.2) is 50.2 Å². The summed E-state index contributed by atoms with van der Waals surface area (Å²) in [5, 5.41) is 12.1. The second kappa shape index (κ2) is 8.14. The molecule has 3 rings (SSSR count). The second-order valence-electron chi connectivity index (χ2n) is 7.98. The fraction of sp³-hybridized carbons (Fsp3) is 0.722. The molecular weight excluding hydrogens is 440 g/mol. The quantitative estimate of drug-likeness (QED) is 0.604. The van der Waals surface area contributed by atoms with Crippen LogP contribution in [0.3, 0.4) is 0 Å². The Morgan fingerprint density at radius 3 is 2.35 bits per heavy atom. The minimum atomic E-state index is -4.46. The molecule has 0 aliphatic heterocycles. The number of nitrogens with one attached hydrogen (secondary N) is 1. The van der Waals surface area contributed by atoms with Crippen LogP contribution >= 0.6 is 0 Å². The molecule has 13 heteroatoms. The standard InChI is InChI=1S/C18H20F8N4O/c1-8(18(24,25)26)2-3-11-28-14(10-4-5-17(22,23)13(31)12(10)19)30-15(29-11)27-9-6-16(20,21)7-9/h8-9,13,31H,2-7H2,1H3,(H,27,28,29,30)/t8-,13-/m0/s1. The summed E-state index contributed by atoms with van der Waals surface area (Å²) in [5.41, 5.74) is -0.423.